The Balaban J connectivity index is 3.75. The van der Waals surface area contributed by atoms with Gasteiger partial charge in [-0.2, -0.15) is 0 Å². The molecule has 0 rings (SSSR count). The third-order valence-electron chi connectivity index (χ3n) is 8.74. The van der Waals surface area contributed by atoms with Gasteiger partial charge in [-0.15, -0.1) is 6.58 Å². The highest BCUT2D eigenvalue weighted by atomic mass is 16.5. The summed E-state index contributed by atoms with van der Waals surface area (Å²) in [5.74, 6) is -0.0910. The van der Waals surface area contributed by atoms with Crippen molar-refractivity contribution in [1.29, 1.82) is 0 Å². The largest absolute Gasteiger partial charge is 0.466 e. The lowest BCUT2D eigenvalue weighted by Crippen LogP contribution is -2.29. The maximum absolute atomic E-state index is 12.3. The highest BCUT2D eigenvalue weighted by molar-refractivity contribution is 5.69. The fourth-order valence-corrected chi connectivity index (χ4v) is 5.87. The molecule has 0 aromatic heterocycles. The van der Waals surface area contributed by atoms with Crippen molar-refractivity contribution < 1.29 is 24.2 Å². The summed E-state index contributed by atoms with van der Waals surface area (Å²) in [4.78, 5) is 26.7. The minimum atomic E-state index is -0.0549. The van der Waals surface area contributed by atoms with E-state index in [9.17, 15) is 14.7 Å². The molecule has 1 unspecified atom stereocenters. The van der Waals surface area contributed by atoms with Crippen LogP contribution in [0.25, 0.3) is 0 Å². The lowest BCUT2D eigenvalue weighted by atomic mass is 10.1. The highest BCUT2D eigenvalue weighted by Crippen LogP contribution is 2.16. The first-order valence-electron chi connectivity index (χ1n) is 19.4. The molecule has 0 saturated heterocycles. The number of rotatable bonds is 36. The van der Waals surface area contributed by atoms with Crippen LogP contribution in [0.15, 0.2) is 12.7 Å². The van der Waals surface area contributed by atoms with E-state index in [-0.39, 0.29) is 24.6 Å². The van der Waals surface area contributed by atoms with Gasteiger partial charge in [0.1, 0.15) is 6.10 Å². The number of carbonyl (C=O) groups excluding carboxylic acids is 2. The summed E-state index contributed by atoms with van der Waals surface area (Å²) >= 11 is 0. The highest BCUT2D eigenvalue weighted by Gasteiger charge is 2.13. The van der Waals surface area contributed by atoms with E-state index in [4.69, 9.17) is 9.47 Å². The molecule has 266 valence electrons. The number of esters is 2. The summed E-state index contributed by atoms with van der Waals surface area (Å²) < 4.78 is 11.1. The Morgan fingerprint density at radius 2 is 1.09 bits per heavy atom. The minimum absolute atomic E-state index is 0.00754. The minimum Gasteiger partial charge on any atom is -0.466 e. The Bertz CT molecular complexity index is 655. The van der Waals surface area contributed by atoms with Crippen molar-refractivity contribution in [3.05, 3.63) is 12.7 Å². The van der Waals surface area contributed by atoms with Gasteiger partial charge < -0.3 is 19.5 Å². The van der Waals surface area contributed by atoms with Gasteiger partial charge >= 0.3 is 11.9 Å². The number of nitrogens with zero attached hydrogens (tertiary/aromatic N) is 1. The number of unbranched alkanes of at least 4 members (excludes halogenated alkanes) is 19. The molecule has 0 heterocycles. The normalized spacial score (nSPS) is 12.0. The summed E-state index contributed by atoms with van der Waals surface area (Å²) in [7, 11) is 0. The molecule has 0 fully saturated rings. The molecule has 1 N–H and O–H groups in total. The monoisotopic (exact) mass is 638 g/mol. The van der Waals surface area contributed by atoms with E-state index in [2.05, 4.69) is 25.3 Å². The smallest absolute Gasteiger partial charge is 0.306 e. The van der Waals surface area contributed by atoms with E-state index in [1.54, 1.807) is 0 Å². The van der Waals surface area contributed by atoms with Gasteiger partial charge in [-0.25, -0.2) is 0 Å². The molecule has 0 radical (unpaired) electrons. The molecular weight excluding hydrogens is 562 g/mol. The number of aliphatic hydroxyl groups is 1. The maximum atomic E-state index is 12.3. The van der Waals surface area contributed by atoms with Crippen molar-refractivity contribution in [3.63, 3.8) is 0 Å². The summed E-state index contributed by atoms with van der Waals surface area (Å²) in [6.45, 7) is 11.9. The van der Waals surface area contributed by atoms with Crippen LogP contribution in [-0.4, -0.2) is 60.9 Å². The van der Waals surface area contributed by atoms with E-state index >= 15 is 0 Å². The Kier molecular flexibility index (Phi) is 34.4. The molecule has 0 aromatic rings. The van der Waals surface area contributed by atoms with E-state index in [1.165, 1.54) is 70.6 Å². The van der Waals surface area contributed by atoms with Crippen LogP contribution in [0.1, 0.15) is 187 Å². The standard InChI is InChI=1S/C39H75NO5/c1-4-7-9-11-13-21-27-36-44-38(42)30-23-17-14-19-25-32-40(34-35-41)33-26-20-15-18-24-31-39(43)45-37(28-6-3)29-22-16-12-10-8-5-2/h6,37,41H,3-5,7-36H2,1-2H3. The molecule has 0 amide bonds. The summed E-state index contributed by atoms with van der Waals surface area (Å²) in [6.07, 6.45) is 31.6. The number of carbonyl (C=O) groups is 2. The topological polar surface area (TPSA) is 76.1 Å². The second-order valence-corrected chi connectivity index (χ2v) is 13.1. The van der Waals surface area contributed by atoms with Crippen LogP contribution in [0.4, 0.5) is 0 Å². The Labute approximate surface area is 279 Å². The predicted molar refractivity (Wildman–Crippen MR) is 191 cm³/mol. The quantitative estimate of drug-likeness (QED) is 0.0418. The van der Waals surface area contributed by atoms with Crippen LogP contribution in [0, 0.1) is 0 Å². The third-order valence-corrected chi connectivity index (χ3v) is 8.74. The molecule has 6 heteroatoms. The van der Waals surface area contributed by atoms with Gasteiger partial charge in [0, 0.05) is 25.8 Å². The zero-order valence-corrected chi connectivity index (χ0v) is 30.0. The van der Waals surface area contributed by atoms with Crippen LogP contribution in [0.5, 0.6) is 0 Å². The average Bonchev–Trinajstić information content (AvgIpc) is 3.03. The number of ether oxygens (including phenoxy) is 2. The SMILES string of the molecule is C=CCC(CCCCCCCC)OC(=O)CCCCCCCN(CCO)CCCCCCCC(=O)OCCCCCCCCC. The van der Waals surface area contributed by atoms with Crippen molar-refractivity contribution in [2.24, 2.45) is 0 Å². The number of hydrogen-bond donors (Lipinski definition) is 1. The lowest BCUT2D eigenvalue weighted by Gasteiger charge is -2.21. The van der Waals surface area contributed by atoms with Crippen molar-refractivity contribution in [2.75, 3.05) is 32.8 Å². The summed E-state index contributed by atoms with van der Waals surface area (Å²) in [5, 5.41) is 9.47. The van der Waals surface area contributed by atoms with Gasteiger partial charge in [0.2, 0.25) is 0 Å². The Morgan fingerprint density at radius 3 is 1.62 bits per heavy atom. The lowest BCUT2D eigenvalue weighted by molar-refractivity contribution is -0.149. The Morgan fingerprint density at radius 1 is 0.622 bits per heavy atom. The van der Waals surface area contributed by atoms with Gasteiger partial charge in [0.15, 0.2) is 0 Å². The average molecular weight is 638 g/mol. The Hall–Kier alpha value is -1.40. The molecule has 6 nitrogen and oxygen atoms in total. The second-order valence-electron chi connectivity index (χ2n) is 13.1. The molecule has 0 aromatic carbocycles. The number of aliphatic hydroxyl groups excluding tert-OH is 1. The molecule has 45 heavy (non-hydrogen) atoms. The van der Waals surface area contributed by atoms with E-state index in [0.29, 0.717) is 19.4 Å². The first-order valence-corrected chi connectivity index (χ1v) is 19.4. The molecular formula is C39H75NO5. The molecule has 0 aliphatic heterocycles. The van der Waals surface area contributed by atoms with Gasteiger partial charge in [-0.3, -0.25) is 9.59 Å². The molecule has 0 aliphatic rings. The van der Waals surface area contributed by atoms with Gasteiger partial charge in [-0.1, -0.05) is 129 Å². The summed E-state index contributed by atoms with van der Waals surface area (Å²) in [6, 6.07) is 0. The first-order chi connectivity index (χ1) is 22.1. The fourth-order valence-electron chi connectivity index (χ4n) is 5.87. The zero-order chi connectivity index (χ0) is 33.1. The molecule has 0 saturated carbocycles. The zero-order valence-electron chi connectivity index (χ0n) is 30.0. The number of hydrogen-bond acceptors (Lipinski definition) is 6. The van der Waals surface area contributed by atoms with Crippen LogP contribution < -0.4 is 0 Å². The van der Waals surface area contributed by atoms with Crippen molar-refractivity contribution in [2.45, 2.75) is 193 Å². The second kappa shape index (κ2) is 35.5. The van der Waals surface area contributed by atoms with Crippen molar-refractivity contribution >= 4 is 11.9 Å². The van der Waals surface area contributed by atoms with Crippen LogP contribution >= 0.6 is 0 Å². The predicted octanol–water partition coefficient (Wildman–Crippen LogP) is 10.5. The van der Waals surface area contributed by atoms with Gasteiger partial charge in [0.25, 0.3) is 0 Å². The van der Waals surface area contributed by atoms with Gasteiger partial charge in [-0.05, 0) is 58.0 Å². The van der Waals surface area contributed by atoms with Gasteiger partial charge in [0.05, 0.1) is 13.2 Å². The van der Waals surface area contributed by atoms with E-state index in [0.717, 1.165) is 110 Å². The fraction of sp³-hybridized carbons (Fsp3) is 0.897. The van der Waals surface area contributed by atoms with Crippen LogP contribution in [-0.2, 0) is 19.1 Å². The van der Waals surface area contributed by atoms with Crippen LogP contribution in [0.3, 0.4) is 0 Å². The maximum Gasteiger partial charge on any atom is 0.306 e. The molecule has 0 bridgehead atoms. The van der Waals surface area contributed by atoms with Crippen LogP contribution in [0.2, 0.25) is 0 Å². The third kappa shape index (κ3) is 32.3. The van der Waals surface area contributed by atoms with Crippen molar-refractivity contribution in [1.82, 2.24) is 4.90 Å². The first kappa shape index (κ1) is 43.6. The van der Waals surface area contributed by atoms with Crippen molar-refractivity contribution in [3.8, 4) is 0 Å². The van der Waals surface area contributed by atoms with E-state index in [1.807, 2.05) is 6.08 Å². The molecule has 1 atom stereocenters. The molecule has 0 aliphatic carbocycles. The molecule has 0 spiro atoms. The van der Waals surface area contributed by atoms with E-state index < -0.39 is 0 Å². The summed E-state index contributed by atoms with van der Waals surface area (Å²) in [5.41, 5.74) is 0.